The van der Waals surface area contributed by atoms with E-state index in [9.17, 15) is 9.50 Å². The lowest BCUT2D eigenvalue weighted by Gasteiger charge is -2.36. The molecule has 2 aromatic rings. The second-order valence-corrected chi connectivity index (χ2v) is 14.4. The molecule has 0 fully saturated rings. The van der Waals surface area contributed by atoms with Crippen molar-refractivity contribution in [2.75, 3.05) is 20.0 Å². The number of rotatable bonds is 9. The van der Waals surface area contributed by atoms with Gasteiger partial charge >= 0.3 is 0 Å². The van der Waals surface area contributed by atoms with E-state index in [0.29, 0.717) is 28.6 Å². The Bertz CT molecular complexity index is 916. The van der Waals surface area contributed by atoms with Crippen LogP contribution in [0.5, 0.6) is 5.75 Å². The number of aromatic nitrogens is 2. The van der Waals surface area contributed by atoms with Crippen LogP contribution in [-0.2, 0) is 4.43 Å². The van der Waals surface area contributed by atoms with E-state index in [-0.39, 0.29) is 10.8 Å². The lowest BCUT2D eigenvalue weighted by atomic mass is 10.0. The van der Waals surface area contributed by atoms with Crippen molar-refractivity contribution >= 4 is 26.2 Å². The molecule has 0 aliphatic carbocycles. The van der Waals surface area contributed by atoms with Crippen molar-refractivity contribution in [2.45, 2.75) is 56.6 Å². The first-order chi connectivity index (χ1) is 14.5. The molecule has 1 heterocycles. The van der Waals surface area contributed by atoms with E-state index in [1.54, 1.807) is 6.20 Å². The second-order valence-electron chi connectivity index (χ2n) is 8.79. The minimum atomic E-state index is -1.78. The summed E-state index contributed by atoms with van der Waals surface area (Å²) < 4.78 is 25.1. The van der Waals surface area contributed by atoms with Gasteiger partial charge in [-0.05, 0) is 42.9 Å². The Morgan fingerprint density at radius 1 is 1.29 bits per heavy atom. The molecule has 0 saturated carbocycles. The zero-order valence-corrected chi connectivity index (χ0v) is 21.2. The average molecular weight is 465 g/mol. The van der Waals surface area contributed by atoms with Crippen LogP contribution in [0.2, 0.25) is 18.1 Å². The summed E-state index contributed by atoms with van der Waals surface area (Å²) >= 11 is 1.39. The van der Waals surface area contributed by atoms with Crippen LogP contribution in [0.1, 0.15) is 50.1 Å². The van der Waals surface area contributed by atoms with Crippen molar-refractivity contribution in [1.82, 2.24) is 9.97 Å². The van der Waals surface area contributed by atoms with E-state index in [1.165, 1.54) is 37.1 Å². The van der Waals surface area contributed by atoms with Crippen LogP contribution < -0.4 is 4.74 Å². The molecule has 0 amide bonds. The van der Waals surface area contributed by atoms with Crippen LogP contribution in [0.25, 0.3) is 6.08 Å². The maximum absolute atomic E-state index is 13.6. The van der Waals surface area contributed by atoms with Crippen LogP contribution in [0, 0.1) is 5.82 Å². The fraction of sp³-hybridized carbons (Fsp3) is 0.478. The lowest BCUT2D eigenvalue weighted by Crippen LogP contribution is -2.40. The van der Waals surface area contributed by atoms with Gasteiger partial charge in [0.25, 0.3) is 0 Å². The first-order valence-corrected chi connectivity index (χ1v) is 14.4. The van der Waals surface area contributed by atoms with E-state index in [1.807, 2.05) is 18.4 Å². The molecule has 1 N–H and O–H groups in total. The van der Waals surface area contributed by atoms with Gasteiger partial charge in [0.05, 0.1) is 12.8 Å². The molecule has 1 aromatic carbocycles. The van der Waals surface area contributed by atoms with Crippen molar-refractivity contribution < 1.29 is 18.7 Å². The van der Waals surface area contributed by atoms with E-state index in [0.717, 1.165) is 6.42 Å². The second kappa shape index (κ2) is 10.7. The van der Waals surface area contributed by atoms with Gasteiger partial charge in [-0.2, -0.15) is 0 Å². The molecule has 1 unspecified atom stereocenters. The zero-order valence-electron chi connectivity index (χ0n) is 19.4. The summed E-state index contributed by atoms with van der Waals surface area (Å²) in [6.45, 7) is 11.8. The number of hydrogen-bond donors (Lipinski definition) is 1. The Balaban J connectivity index is 2.23. The van der Waals surface area contributed by atoms with Gasteiger partial charge in [-0.1, -0.05) is 44.7 Å². The van der Waals surface area contributed by atoms with Crippen molar-refractivity contribution in [3.05, 3.63) is 53.1 Å². The number of methoxy groups -OCH3 is 1. The molecule has 0 radical (unpaired) electrons. The molecule has 0 spiro atoms. The van der Waals surface area contributed by atoms with Crippen LogP contribution in [0.15, 0.2) is 35.6 Å². The average Bonchev–Trinajstić information content (AvgIpc) is 2.72. The van der Waals surface area contributed by atoms with E-state index in [2.05, 4.69) is 43.8 Å². The monoisotopic (exact) mass is 464 g/mol. The highest BCUT2D eigenvalue weighted by Gasteiger charge is 2.36. The zero-order chi connectivity index (χ0) is 23.2. The van der Waals surface area contributed by atoms with Crippen LogP contribution in [-0.4, -0.2) is 43.4 Å². The van der Waals surface area contributed by atoms with Crippen molar-refractivity contribution in [1.29, 1.82) is 0 Å². The fourth-order valence-corrected chi connectivity index (χ4v) is 4.11. The van der Waals surface area contributed by atoms with Crippen LogP contribution >= 0.6 is 11.8 Å². The number of benzene rings is 1. The number of halogens is 1. The summed E-state index contributed by atoms with van der Waals surface area (Å²) in [5.41, 5.74) is 1.60. The first-order valence-electron chi connectivity index (χ1n) is 10.2. The van der Waals surface area contributed by atoms with Gasteiger partial charge in [-0.15, -0.1) is 0 Å². The predicted molar refractivity (Wildman–Crippen MR) is 128 cm³/mol. The van der Waals surface area contributed by atoms with Crippen molar-refractivity contribution in [3.63, 3.8) is 0 Å². The van der Waals surface area contributed by atoms with Gasteiger partial charge in [0.2, 0.25) is 0 Å². The maximum atomic E-state index is 13.6. The number of aliphatic hydroxyl groups excluding tert-OH is 1. The molecule has 0 saturated heterocycles. The van der Waals surface area contributed by atoms with Gasteiger partial charge in [0, 0.05) is 30.0 Å². The molecule has 31 heavy (non-hydrogen) atoms. The lowest BCUT2D eigenvalue weighted by molar-refractivity contribution is 0.208. The molecule has 5 nitrogen and oxygen atoms in total. The standard InChI is InChI=1S/C23H33FN2O3SSi/c1-23(2,3)31(6,7)29-13-9-8-10-16-15-25-22(30-5)26-20(16)21(27)18-12-11-17(24)14-19(18)28-4/h8,10-12,14-15,21,27H,9,13H2,1-7H3/b10-8+. The molecule has 1 atom stereocenters. The Morgan fingerprint density at radius 2 is 2.00 bits per heavy atom. The number of nitrogens with zero attached hydrogens (tertiary/aromatic N) is 2. The molecule has 170 valence electrons. The molecule has 0 bridgehead atoms. The minimum absolute atomic E-state index is 0.170. The van der Waals surface area contributed by atoms with Gasteiger partial charge < -0.3 is 14.3 Å². The van der Waals surface area contributed by atoms with E-state index in [4.69, 9.17) is 9.16 Å². The summed E-state index contributed by atoms with van der Waals surface area (Å²) in [6.07, 6.45) is 7.13. The largest absolute Gasteiger partial charge is 0.496 e. The van der Waals surface area contributed by atoms with Crippen LogP contribution in [0.4, 0.5) is 4.39 Å². The molecule has 0 aliphatic heterocycles. The van der Waals surface area contributed by atoms with Crippen molar-refractivity contribution in [3.8, 4) is 5.75 Å². The minimum Gasteiger partial charge on any atom is -0.496 e. The summed E-state index contributed by atoms with van der Waals surface area (Å²) in [5, 5.41) is 11.8. The summed E-state index contributed by atoms with van der Waals surface area (Å²) in [4.78, 5) is 8.85. The third-order valence-corrected chi connectivity index (χ3v) is 10.7. The van der Waals surface area contributed by atoms with Gasteiger partial charge in [-0.3, -0.25) is 0 Å². The van der Waals surface area contributed by atoms with Gasteiger partial charge in [0.1, 0.15) is 17.7 Å². The normalized spacial score (nSPS) is 13.6. The third-order valence-electron chi connectivity index (χ3n) is 5.61. The number of ether oxygens (including phenoxy) is 1. The molecular weight excluding hydrogens is 431 g/mol. The van der Waals surface area contributed by atoms with E-state index < -0.39 is 20.2 Å². The smallest absolute Gasteiger partial charge is 0.191 e. The molecule has 1 aromatic heterocycles. The first kappa shape index (κ1) is 25.5. The van der Waals surface area contributed by atoms with Gasteiger partial charge in [0.15, 0.2) is 13.5 Å². The Morgan fingerprint density at radius 3 is 2.61 bits per heavy atom. The maximum Gasteiger partial charge on any atom is 0.191 e. The Labute approximate surface area is 190 Å². The van der Waals surface area contributed by atoms with Gasteiger partial charge in [-0.25, -0.2) is 14.4 Å². The summed E-state index contributed by atoms with van der Waals surface area (Å²) in [7, 11) is -0.335. The molecule has 2 rings (SSSR count). The highest BCUT2D eigenvalue weighted by Crippen LogP contribution is 2.36. The summed E-state index contributed by atoms with van der Waals surface area (Å²) in [6, 6.07) is 4.06. The SMILES string of the molecule is COc1cc(F)ccc1C(O)c1nc(SC)ncc1/C=C/CCO[Si](C)(C)C(C)(C)C. The van der Waals surface area contributed by atoms with Crippen molar-refractivity contribution in [2.24, 2.45) is 0 Å². The summed E-state index contributed by atoms with van der Waals surface area (Å²) in [5.74, 6) is -0.156. The van der Waals surface area contributed by atoms with E-state index >= 15 is 0 Å². The quantitative estimate of drug-likeness (QED) is 0.217. The predicted octanol–water partition coefficient (Wildman–Crippen LogP) is 5.85. The van der Waals surface area contributed by atoms with Crippen LogP contribution in [0.3, 0.4) is 0 Å². The highest BCUT2D eigenvalue weighted by atomic mass is 32.2. The fourth-order valence-electron chi connectivity index (χ4n) is 2.70. The Kier molecular flexibility index (Phi) is 8.82. The molecule has 8 heteroatoms. The molecular formula is C23H33FN2O3SSi. The highest BCUT2D eigenvalue weighted by molar-refractivity contribution is 7.98. The molecule has 0 aliphatic rings. The Hall–Kier alpha value is -1.74. The number of thioether (sulfide) groups is 1. The third kappa shape index (κ3) is 6.62. The number of aliphatic hydroxyl groups is 1. The topological polar surface area (TPSA) is 64.5 Å². The number of hydrogen-bond acceptors (Lipinski definition) is 6.